The summed E-state index contributed by atoms with van der Waals surface area (Å²) in [5.74, 6) is 1.68. The summed E-state index contributed by atoms with van der Waals surface area (Å²) in [7, 11) is 0. The van der Waals surface area contributed by atoms with E-state index in [9.17, 15) is 0 Å². The number of fused-ring (bicyclic) bond motifs is 1. The number of rotatable bonds is 5. The van der Waals surface area contributed by atoms with Gasteiger partial charge in [-0.05, 0) is 42.7 Å². The minimum atomic E-state index is 0.613. The van der Waals surface area contributed by atoms with Crippen molar-refractivity contribution in [1.82, 2.24) is 14.1 Å². The Morgan fingerprint density at radius 3 is 2.86 bits per heavy atom. The molecule has 0 spiro atoms. The van der Waals surface area contributed by atoms with Crippen LogP contribution in [0.4, 0.5) is 5.69 Å². The first-order valence-corrected chi connectivity index (χ1v) is 10.6. The Kier molecular flexibility index (Phi) is 4.23. The van der Waals surface area contributed by atoms with E-state index in [0.29, 0.717) is 5.92 Å². The molecule has 4 heteroatoms. The molecule has 4 nitrogen and oxygen atoms in total. The van der Waals surface area contributed by atoms with Crippen LogP contribution in [0.5, 0.6) is 0 Å². The zero-order chi connectivity index (χ0) is 20.1. The summed E-state index contributed by atoms with van der Waals surface area (Å²) in [6.07, 6.45) is 1.17. The highest BCUT2D eigenvalue weighted by atomic mass is 15.2. The number of hydrogen-bond donors (Lipinski definition) is 1. The molecule has 0 amide bonds. The molecule has 0 bridgehead atoms. The molecule has 2 aromatic heterocycles. The molecular formula is C25H28N4. The van der Waals surface area contributed by atoms with Gasteiger partial charge in [-0.3, -0.25) is 0 Å². The quantitative estimate of drug-likeness (QED) is 0.447. The van der Waals surface area contributed by atoms with Crippen LogP contribution < -0.4 is 5.32 Å². The Balaban J connectivity index is 1.78. The van der Waals surface area contributed by atoms with Gasteiger partial charge in [0.05, 0.1) is 22.4 Å². The van der Waals surface area contributed by atoms with Crippen molar-refractivity contribution in [2.24, 2.45) is 5.92 Å². The van der Waals surface area contributed by atoms with E-state index in [2.05, 4.69) is 84.3 Å². The van der Waals surface area contributed by atoms with Gasteiger partial charge in [-0.15, -0.1) is 0 Å². The molecule has 0 fully saturated rings. The van der Waals surface area contributed by atoms with Crippen molar-refractivity contribution in [2.75, 3.05) is 11.9 Å². The van der Waals surface area contributed by atoms with Crippen LogP contribution in [0.2, 0.25) is 0 Å². The van der Waals surface area contributed by atoms with Gasteiger partial charge in [-0.2, -0.15) is 0 Å². The number of hydrogen-bond acceptors (Lipinski definition) is 2. The maximum atomic E-state index is 5.15. The van der Waals surface area contributed by atoms with E-state index in [1.807, 2.05) is 0 Å². The monoisotopic (exact) mass is 384 g/mol. The van der Waals surface area contributed by atoms with Crippen LogP contribution in [0, 0.1) is 5.92 Å². The van der Waals surface area contributed by atoms with Crippen LogP contribution in [-0.2, 0) is 13.1 Å². The lowest BCUT2D eigenvalue weighted by Gasteiger charge is -2.20. The van der Waals surface area contributed by atoms with Crippen molar-refractivity contribution in [3.63, 3.8) is 0 Å². The smallest absolute Gasteiger partial charge is 0.157 e. The molecule has 5 rings (SSSR count). The predicted molar refractivity (Wildman–Crippen MR) is 123 cm³/mol. The molecule has 3 heterocycles. The largest absolute Gasteiger partial charge is 0.381 e. The molecule has 1 aliphatic rings. The molecule has 2 aromatic carbocycles. The number of benzene rings is 2. The maximum Gasteiger partial charge on any atom is 0.157 e. The fourth-order valence-electron chi connectivity index (χ4n) is 4.40. The summed E-state index contributed by atoms with van der Waals surface area (Å²) in [4.78, 5) is 5.15. The highest BCUT2D eigenvalue weighted by Gasteiger charge is 2.23. The van der Waals surface area contributed by atoms with Crippen molar-refractivity contribution in [3.8, 4) is 11.5 Å². The van der Waals surface area contributed by atoms with E-state index in [0.717, 1.165) is 47.8 Å². The number of anilines is 1. The fourth-order valence-corrected chi connectivity index (χ4v) is 4.40. The van der Waals surface area contributed by atoms with Crippen LogP contribution >= 0.6 is 0 Å². The predicted octanol–water partition coefficient (Wildman–Crippen LogP) is 6.16. The van der Waals surface area contributed by atoms with Gasteiger partial charge < -0.3 is 14.5 Å². The molecule has 4 aromatic rings. The van der Waals surface area contributed by atoms with Gasteiger partial charge in [0.1, 0.15) is 0 Å². The van der Waals surface area contributed by atoms with Crippen LogP contribution in [0.15, 0.2) is 49.0 Å². The Labute approximate surface area is 171 Å². The molecule has 0 saturated carbocycles. The highest BCUT2D eigenvalue weighted by Crippen LogP contribution is 2.36. The Hall–Kier alpha value is -3.01. The topological polar surface area (TPSA) is 34.8 Å². The summed E-state index contributed by atoms with van der Waals surface area (Å²) in [5, 5.41) is 4.84. The second-order valence-electron chi connectivity index (χ2n) is 8.40. The molecule has 29 heavy (non-hydrogen) atoms. The molecule has 0 radical (unpaired) electrons. The van der Waals surface area contributed by atoms with Crippen molar-refractivity contribution >= 4 is 33.2 Å². The zero-order valence-electron chi connectivity index (χ0n) is 17.5. The summed E-state index contributed by atoms with van der Waals surface area (Å²) < 4.78 is 4.86. The first kappa shape index (κ1) is 18.0. The average molecular weight is 385 g/mol. The lowest BCUT2D eigenvalue weighted by molar-refractivity contribution is 0.479. The Morgan fingerprint density at radius 2 is 2.07 bits per heavy atom. The minimum absolute atomic E-state index is 0.613. The molecule has 1 N–H and O–H groups in total. The first-order valence-electron chi connectivity index (χ1n) is 10.6. The Bertz CT molecular complexity index is 1240. The zero-order valence-corrected chi connectivity index (χ0v) is 17.5. The van der Waals surface area contributed by atoms with E-state index >= 15 is 0 Å². The summed E-state index contributed by atoms with van der Waals surface area (Å²) in [6, 6.07) is 15.4. The van der Waals surface area contributed by atoms with Crippen LogP contribution in [0.25, 0.3) is 39.0 Å². The van der Waals surface area contributed by atoms with Gasteiger partial charge in [0.25, 0.3) is 0 Å². The summed E-state index contributed by atoms with van der Waals surface area (Å²) in [5.41, 5.74) is 8.14. The van der Waals surface area contributed by atoms with E-state index in [1.165, 1.54) is 28.5 Å². The number of nitrogens with zero attached hydrogens (tertiary/aromatic N) is 3. The summed E-state index contributed by atoms with van der Waals surface area (Å²) >= 11 is 0. The molecule has 148 valence electrons. The SMILES string of the molecule is C=C(C)c1cc2c3c(c1)nc(-c1cc4ccccc4n1CC(C)CC)n3CCN2. The van der Waals surface area contributed by atoms with Crippen molar-refractivity contribution in [3.05, 3.63) is 54.6 Å². The van der Waals surface area contributed by atoms with Gasteiger partial charge in [0, 0.05) is 30.5 Å². The van der Waals surface area contributed by atoms with Gasteiger partial charge in [0.2, 0.25) is 0 Å². The molecule has 1 atom stereocenters. The third-order valence-corrected chi connectivity index (χ3v) is 6.22. The third-order valence-electron chi connectivity index (χ3n) is 6.22. The molecule has 1 aliphatic heterocycles. The molecular weight excluding hydrogens is 356 g/mol. The van der Waals surface area contributed by atoms with Crippen molar-refractivity contribution in [2.45, 2.75) is 40.3 Å². The van der Waals surface area contributed by atoms with Gasteiger partial charge in [-0.25, -0.2) is 4.98 Å². The van der Waals surface area contributed by atoms with E-state index in [-0.39, 0.29) is 0 Å². The van der Waals surface area contributed by atoms with Gasteiger partial charge in [-0.1, -0.05) is 50.6 Å². The van der Waals surface area contributed by atoms with Crippen LogP contribution in [0.1, 0.15) is 32.8 Å². The molecule has 1 unspecified atom stereocenters. The highest BCUT2D eigenvalue weighted by molar-refractivity contribution is 5.96. The molecule has 0 aliphatic carbocycles. The van der Waals surface area contributed by atoms with Crippen LogP contribution in [-0.4, -0.2) is 20.7 Å². The fraction of sp³-hybridized carbons (Fsp3) is 0.320. The average Bonchev–Trinajstić information content (AvgIpc) is 3.27. The lowest BCUT2D eigenvalue weighted by atomic mass is 10.1. The van der Waals surface area contributed by atoms with Crippen molar-refractivity contribution < 1.29 is 0 Å². The number of allylic oxidation sites excluding steroid dienone is 1. The third kappa shape index (κ3) is 2.86. The number of nitrogens with one attached hydrogen (secondary N) is 1. The second kappa shape index (κ2) is 6.80. The number of imidazole rings is 1. The lowest BCUT2D eigenvalue weighted by Crippen LogP contribution is -2.18. The van der Waals surface area contributed by atoms with Gasteiger partial charge in [0.15, 0.2) is 5.82 Å². The first-order chi connectivity index (χ1) is 14.1. The number of para-hydroxylation sites is 1. The van der Waals surface area contributed by atoms with Crippen LogP contribution in [0.3, 0.4) is 0 Å². The van der Waals surface area contributed by atoms with Gasteiger partial charge >= 0.3 is 0 Å². The molecule has 0 saturated heterocycles. The second-order valence-corrected chi connectivity index (χ2v) is 8.40. The standard InChI is InChI=1S/C25H28N4/c1-5-17(4)15-29-22-9-7-6-8-18(22)14-23(29)25-27-21-13-19(16(2)3)12-20-24(21)28(25)11-10-26-20/h6-9,12-14,17,26H,2,5,10-11,15H2,1,3-4H3. The number of aromatic nitrogens is 3. The maximum absolute atomic E-state index is 5.15. The normalized spacial score (nSPS) is 14.3. The summed E-state index contributed by atoms with van der Waals surface area (Å²) in [6.45, 7) is 13.6. The van der Waals surface area contributed by atoms with E-state index in [1.54, 1.807) is 0 Å². The van der Waals surface area contributed by atoms with E-state index in [4.69, 9.17) is 4.98 Å². The van der Waals surface area contributed by atoms with E-state index < -0.39 is 0 Å². The minimum Gasteiger partial charge on any atom is -0.381 e. The van der Waals surface area contributed by atoms with Crippen molar-refractivity contribution in [1.29, 1.82) is 0 Å². The Morgan fingerprint density at radius 1 is 1.24 bits per heavy atom.